The number of nitrogens with zero attached hydrogens (tertiary/aromatic N) is 1. The van der Waals surface area contributed by atoms with Crippen LogP contribution in [0.5, 0.6) is 0 Å². The van der Waals surface area contributed by atoms with Gasteiger partial charge in [0.2, 0.25) is 0 Å². The summed E-state index contributed by atoms with van der Waals surface area (Å²) in [5.74, 6) is -14.0. The molecule has 9 heteroatoms. The molecule has 1 N–H and O–H groups in total. The highest BCUT2D eigenvalue weighted by molar-refractivity contribution is 5.84. The third kappa shape index (κ3) is 2.16. The monoisotopic (exact) mass is 239 g/mol. The molecule has 3 nitrogen and oxygen atoms in total. The van der Waals surface area contributed by atoms with E-state index in [1.807, 2.05) is 0 Å². The Morgan fingerprint density at radius 1 is 1.07 bits per heavy atom. The highest BCUT2D eigenvalue weighted by atomic mass is 19.4. The summed E-state index contributed by atoms with van der Waals surface area (Å²) in [7, 11) is 1.39. The van der Waals surface area contributed by atoms with Crippen molar-refractivity contribution in [1.29, 1.82) is 0 Å². The fourth-order valence-electron chi connectivity index (χ4n) is 0.601. The first kappa shape index (κ1) is 14.0. The molecule has 0 radical (unpaired) electrons. The number of halogens is 6. The molecule has 0 spiro atoms. The van der Waals surface area contributed by atoms with E-state index in [0.29, 0.717) is 14.1 Å². The van der Waals surface area contributed by atoms with Crippen LogP contribution in [0.25, 0.3) is 0 Å². The molecule has 0 aromatic heterocycles. The van der Waals surface area contributed by atoms with Crippen LogP contribution >= 0.6 is 0 Å². The van der Waals surface area contributed by atoms with Crippen molar-refractivity contribution in [3.8, 4) is 0 Å². The van der Waals surface area contributed by atoms with Gasteiger partial charge in [0.1, 0.15) is 0 Å². The van der Waals surface area contributed by atoms with E-state index in [1.165, 1.54) is 0 Å². The molecule has 0 fully saturated rings. The Kier molecular flexibility index (Phi) is 3.31. The summed E-state index contributed by atoms with van der Waals surface area (Å²) in [6.07, 6.45) is -6.26. The van der Waals surface area contributed by atoms with Crippen LogP contribution in [0.1, 0.15) is 0 Å². The normalized spacial score (nSPS) is 17.1. The van der Waals surface area contributed by atoms with Gasteiger partial charge in [-0.15, -0.1) is 0 Å². The van der Waals surface area contributed by atoms with Crippen molar-refractivity contribution < 1.29 is 36.2 Å². The number of carbonyl (C=O) groups is 1. The summed E-state index contributed by atoms with van der Waals surface area (Å²) in [5.41, 5.74) is 0. The lowest BCUT2D eigenvalue weighted by atomic mass is 10.1. The van der Waals surface area contributed by atoms with E-state index in [4.69, 9.17) is 5.11 Å². The third-order valence-electron chi connectivity index (χ3n) is 1.47. The van der Waals surface area contributed by atoms with Gasteiger partial charge in [-0.05, 0) is 0 Å². The van der Waals surface area contributed by atoms with Crippen molar-refractivity contribution >= 4 is 5.91 Å². The summed E-state index contributed by atoms with van der Waals surface area (Å²) in [6.45, 7) is 0. The van der Waals surface area contributed by atoms with Crippen LogP contribution < -0.4 is 0 Å². The van der Waals surface area contributed by atoms with Gasteiger partial charge in [0, 0.05) is 14.1 Å². The smallest absolute Gasteiger partial charge is 0.350 e. The molecular weight excluding hydrogens is 232 g/mol. The number of hydrogen-bond donors (Lipinski definition) is 1. The maximum atomic E-state index is 12.6. The Hall–Kier alpha value is -0.990. The highest BCUT2D eigenvalue weighted by Gasteiger charge is 2.74. The summed E-state index contributed by atoms with van der Waals surface area (Å²) in [4.78, 5) is 10.6. The predicted molar refractivity (Wildman–Crippen MR) is 35.8 cm³/mol. The average Bonchev–Trinajstić information content (AvgIpc) is 2.00. The van der Waals surface area contributed by atoms with Crippen LogP contribution in [0.4, 0.5) is 26.3 Å². The quantitative estimate of drug-likeness (QED) is 0.728. The standard InChI is InChI=1S/C6H7F6NO2/c1-13(2)3(14)4(7,8)5(9,15)6(10,11)12/h15H,1-2H3. The van der Waals surface area contributed by atoms with E-state index in [9.17, 15) is 31.1 Å². The lowest BCUT2D eigenvalue weighted by molar-refractivity contribution is -0.375. The molecule has 0 heterocycles. The topological polar surface area (TPSA) is 40.5 Å². The van der Waals surface area contributed by atoms with Gasteiger partial charge < -0.3 is 10.0 Å². The zero-order valence-electron chi connectivity index (χ0n) is 7.57. The minimum atomic E-state index is -6.26. The Bertz CT molecular complexity index is 259. The van der Waals surface area contributed by atoms with Crippen LogP contribution in [0.15, 0.2) is 0 Å². The summed E-state index contributed by atoms with van der Waals surface area (Å²) >= 11 is 0. The van der Waals surface area contributed by atoms with Gasteiger partial charge in [0.25, 0.3) is 5.91 Å². The van der Waals surface area contributed by atoms with E-state index < -0.39 is 23.9 Å². The second-order valence-electron chi connectivity index (χ2n) is 2.89. The van der Waals surface area contributed by atoms with Crippen LogP contribution in [-0.4, -0.2) is 48.0 Å². The van der Waals surface area contributed by atoms with Crippen LogP contribution in [0.2, 0.25) is 0 Å². The molecule has 1 atom stereocenters. The Labute approximate surface area is 80.3 Å². The molecule has 0 aliphatic rings. The first-order valence-electron chi connectivity index (χ1n) is 3.43. The molecule has 1 amide bonds. The molecule has 1 unspecified atom stereocenters. The summed E-state index contributed by atoms with van der Waals surface area (Å²) in [5, 5.41) is 8.01. The minimum Gasteiger partial charge on any atom is -0.350 e. The number of amides is 1. The van der Waals surface area contributed by atoms with Crippen molar-refractivity contribution in [3.05, 3.63) is 0 Å². The zero-order chi connectivity index (χ0) is 12.7. The van der Waals surface area contributed by atoms with Gasteiger partial charge in [-0.2, -0.15) is 26.3 Å². The number of hydrogen-bond acceptors (Lipinski definition) is 2. The van der Waals surface area contributed by atoms with Gasteiger partial charge in [-0.3, -0.25) is 4.79 Å². The average molecular weight is 239 g/mol. The number of alkyl halides is 6. The van der Waals surface area contributed by atoms with Crippen molar-refractivity contribution in [3.63, 3.8) is 0 Å². The van der Waals surface area contributed by atoms with Gasteiger partial charge in [0.05, 0.1) is 0 Å². The second-order valence-corrected chi connectivity index (χ2v) is 2.89. The van der Waals surface area contributed by atoms with E-state index in [0.717, 1.165) is 0 Å². The van der Waals surface area contributed by atoms with Crippen molar-refractivity contribution in [1.82, 2.24) is 4.90 Å². The lowest BCUT2D eigenvalue weighted by Gasteiger charge is -2.30. The molecule has 0 aliphatic carbocycles. The fourth-order valence-corrected chi connectivity index (χ4v) is 0.601. The molecule has 0 rings (SSSR count). The van der Waals surface area contributed by atoms with Crippen LogP contribution in [0.3, 0.4) is 0 Å². The minimum absolute atomic E-state index is 0.0380. The van der Waals surface area contributed by atoms with Crippen molar-refractivity contribution in [2.24, 2.45) is 0 Å². The van der Waals surface area contributed by atoms with Gasteiger partial charge in [0.15, 0.2) is 0 Å². The molecule has 0 saturated heterocycles. The highest BCUT2D eigenvalue weighted by Crippen LogP contribution is 2.43. The van der Waals surface area contributed by atoms with Gasteiger partial charge in [-0.25, -0.2) is 0 Å². The van der Waals surface area contributed by atoms with Crippen LogP contribution in [0, 0.1) is 0 Å². The number of aliphatic hydroxyl groups is 1. The third-order valence-corrected chi connectivity index (χ3v) is 1.47. The SMILES string of the molecule is CN(C)C(=O)C(F)(F)C(O)(F)C(F)(F)F. The fraction of sp³-hybridized carbons (Fsp3) is 0.833. The molecule has 15 heavy (non-hydrogen) atoms. The van der Waals surface area contributed by atoms with E-state index in [-0.39, 0.29) is 4.90 Å². The molecule has 0 bridgehead atoms. The summed E-state index contributed by atoms with van der Waals surface area (Å²) in [6, 6.07) is 0. The molecule has 0 saturated carbocycles. The molecule has 0 aromatic carbocycles. The largest absolute Gasteiger partial charge is 0.455 e. The number of carbonyl (C=O) groups excluding carboxylic acids is 1. The summed E-state index contributed by atoms with van der Waals surface area (Å²) < 4.78 is 72.7. The Balaban J connectivity index is 5.29. The van der Waals surface area contributed by atoms with Crippen molar-refractivity contribution in [2.45, 2.75) is 18.0 Å². The molecule has 90 valence electrons. The van der Waals surface area contributed by atoms with E-state index in [1.54, 1.807) is 0 Å². The Morgan fingerprint density at radius 3 is 1.60 bits per heavy atom. The first-order chi connectivity index (χ1) is 6.35. The van der Waals surface area contributed by atoms with Gasteiger partial charge >= 0.3 is 18.0 Å². The molecule has 0 aromatic rings. The van der Waals surface area contributed by atoms with Crippen molar-refractivity contribution in [2.75, 3.05) is 14.1 Å². The van der Waals surface area contributed by atoms with Crippen LogP contribution in [-0.2, 0) is 4.79 Å². The Morgan fingerprint density at radius 2 is 1.40 bits per heavy atom. The predicted octanol–water partition coefficient (Wildman–Crippen LogP) is 0.930. The zero-order valence-corrected chi connectivity index (χ0v) is 7.57. The second kappa shape index (κ2) is 3.54. The number of rotatable bonds is 2. The van der Waals surface area contributed by atoms with E-state index >= 15 is 0 Å². The first-order valence-corrected chi connectivity index (χ1v) is 3.43. The molecular formula is C6H7F6NO2. The lowest BCUT2D eigenvalue weighted by Crippen LogP contribution is -2.61. The maximum absolute atomic E-state index is 12.6. The maximum Gasteiger partial charge on any atom is 0.455 e. The van der Waals surface area contributed by atoms with E-state index in [2.05, 4.69) is 0 Å². The van der Waals surface area contributed by atoms with Gasteiger partial charge in [-0.1, -0.05) is 0 Å². The molecule has 0 aliphatic heterocycles.